The van der Waals surface area contributed by atoms with Crippen LogP contribution in [0.15, 0.2) is 42.5 Å². The Morgan fingerprint density at radius 2 is 1.81 bits per heavy atom. The number of rotatable bonds is 6. The molecule has 0 heterocycles. The molecular formula is C19H19ClN2O4. The SMILES string of the molecule is COC(=O)c1ccc(Cl)c(NC(=O)CNC(=O)Cc2ccccc2C)c1. The number of halogens is 1. The Balaban J connectivity index is 1.92. The van der Waals surface area contributed by atoms with Crippen molar-refractivity contribution in [2.75, 3.05) is 19.0 Å². The van der Waals surface area contributed by atoms with E-state index in [0.717, 1.165) is 11.1 Å². The van der Waals surface area contributed by atoms with Crippen molar-refractivity contribution >= 4 is 35.1 Å². The van der Waals surface area contributed by atoms with Crippen LogP contribution in [0.5, 0.6) is 0 Å². The van der Waals surface area contributed by atoms with Crippen molar-refractivity contribution in [1.82, 2.24) is 5.32 Å². The van der Waals surface area contributed by atoms with Gasteiger partial charge in [0.2, 0.25) is 11.8 Å². The number of methoxy groups -OCH3 is 1. The lowest BCUT2D eigenvalue weighted by Gasteiger charge is -2.10. The number of carbonyl (C=O) groups is 3. The summed E-state index contributed by atoms with van der Waals surface area (Å²) in [4.78, 5) is 35.6. The molecule has 0 aliphatic heterocycles. The van der Waals surface area contributed by atoms with Gasteiger partial charge in [-0.2, -0.15) is 0 Å². The summed E-state index contributed by atoms with van der Waals surface area (Å²) in [5.74, 6) is -1.25. The van der Waals surface area contributed by atoms with Gasteiger partial charge >= 0.3 is 5.97 Å². The fourth-order valence-corrected chi connectivity index (χ4v) is 2.45. The van der Waals surface area contributed by atoms with Crippen molar-refractivity contribution in [2.45, 2.75) is 13.3 Å². The Bertz CT molecular complexity index is 836. The molecular weight excluding hydrogens is 356 g/mol. The molecule has 0 saturated carbocycles. The minimum atomic E-state index is -0.538. The Morgan fingerprint density at radius 1 is 1.08 bits per heavy atom. The monoisotopic (exact) mass is 374 g/mol. The van der Waals surface area contributed by atoms with Gasteiger partial charge in [0, 0.05) is 0 Å². The van der Waals surface area contributed by atoms with E-state index in [2.05, 4.69) is 15.4 Å². The molecule has 0 spiro atoms. The van der Waals surface area contributed by atoms with Crippen molar-refractivity contribution < 1.29 is 19.1 Å². The smallest absolute Gasteiger partial charge is 0.337 e. The van der Waals surface area contributed by atoms with Crippen LogP contribution in [-0.4, -0.2) is 31.4 Å². The predicted molar refractivity (Wildman–Crippen MR) is 99.3 cm³/mol. The minimum Gasteiger partial charge on any atom is -0.465 e. The van der Waals surface area contributed by atoms with Gasteiger partial charge in [0.15, 0.2) is 0 Å². The van der Waals surface area contributed by atoms with Crippen LogP contribution in [0.1, 0.15) is 21.5 Å². The molecule has 2 amide bonds. The Labute approximate surface area is 156 Å². The van der Waals surface area contributed by atoms with Crippen molar-refractivity contribution in [2.24, 2.45) is 0 Å². The number of hydrogen-bond acceptors (Lipinski definition) is 4. The molecule has 0 unspecified atom stereocenters. The van der Waals surface area contributed by atoms with Crippen LogP contribution >= 0.6 is 11.6 Å². The molecule has 0 aliphatic carbocycles. The summed E-state index contributed by atoms with van der Waals surface area (Å²) in [6, 6.07) is 11.9. The maximum Gasteiger partial charge on any atom is 0.337 e. The quantitative estimate of drug-likeness (QED) is 0.761. The molecule has 0 saturated heterocycles. The highest BCUT2D eigenvalue weighted by Gasteiger charge is 2.12. The molecule has 0 radical (unpaired) electrons. The Hall–Kier alpha value is -2.86. The normalized spacial score (nSPS) is 10.1. The van der Waals surface area contributed by atoms with Crippen molar-refractivity contribution in [3.8, 4) is 0 Å². The van der Waals surface area contributed by atoms with Gasteiger partial charge in [0.1, 0.15) is 0 Å². The molecule has 26 heavy (non-hydrogen) atoms. The average Bonchev–Trinajstić information content (AvgIpc) is 2.63. The first-order chi connectivity index (χ1) is 12.4. The summed E-state index contributed by atoms with van der Waals surface area (Å²) in [7, 11) is 1.26. The van der Waals surface area contributed by atoms with E-state index < -0.39 is 11.9 Å². The number of carbonyl (C=O) groups excluding carboxylic acids is 3. The van der Waals surface area contributed by atoms with E-state index in [9.17, 15) is 14.4 Å². The number of nitrogens with one attached hydrogen (secondary N) is 2. The molecule has 0 aliphatic rings. The average molecular weight is 375 g/mol. The molecule has 2 N–H and O–H groups in total. The number of hydrogen-bond donors (Lipinski definition) is 2. The molecule has 2 aromatic rings. The second-order valence-corrected chi connectivity index (χ2v) is 6.02. The molecule has 136 valence electrons. The highest BCUT2D eigenvalue weighted by molar-refractivity contribution is 6.33. The summed E-state index contributed by atoms with van der Waals surface area (Å²) >= 11 is 6.02. The van der Waals surface area contributed by atoms with Crippen molar-refractivity contribution in [3.63, 3.8) is 0 Å². The number of ether oxygens (including phenoxy) is 1. The zero-order valence-corrected chi connectivity index (χ0v) is 15.2. The van der Waals surface area contributed by atoms with Gasteiger partial charge in [0.25, 0.3) is 0 Å². The first-order valence-electron chi connectivity index (χ1n) is 7.89. The summed E-state index contributed by atoms with van der Waals surface area (Å²) in [5, 5.41) is 5.40. The van der Waals surface area contributed by atoms with E-state index in [-0.39, 0.29) is 35.1 Å². The third kappa shape index (κ3) is 5.32. The van der Waals surface area contributed by atoms with E-state index in [1.165, 1.54) is 25.3 Å². The van der Waals surface area contributed by atoms with Gasteiger partial charge in [-0.3, -0.25) is 9.59 Å². The van der Waals surface area contributed by atoms with Gasteiger partial charge in [0.05, 0.1) is 36.3 Å². The maximum atomic E-state index is 12.0. The van der Waals surface area contributed by atoms with Gasteiger partial charge < -0.3 is 15.4 Å². The number of esters is 1. The first-order valence-corrected chi connectivity index (χ1v) is 8.27. The molecule has 0 atom stereocenters. The van der Waals surface area contributed by atoms with Crippen LogP contribution in [0.25, 0.3) is 0 Å². The minimum absolute atomic E-state index is 0.193. The van der Waals surface area contributed by atoms with Crippen molar-refractivity contribution in [1.29, 1.82) is 0 Å². The third-order valence-electron chi connectivity index (χ3n) is 3.72. The highest BCUT2D eigenvalue weighted by atomic mass is 35.5. The molecule has 0 fully saturated rings. The molecule has 2 aromatic carbocycles. The van der Waals surface area contributed by atoms with E-state index >= 15 is 0 Å². The second kappa shape index (κ2) is 9.01. The number of aryl methyl sites for hydroxylation is 1. The fourth-order valence-electron chi connectivity index (χ4n) is 2.28. The Morgan fingerprint density at radius 3 is 2.50 bits per heavy atom. The number of amides is 2. The largest absolute Gasteiger partial charge is 0.465 e. The van der Waals surface area contributed by atoms with Crippen LogP contribution in [0.4, 0.5) is 5.69 Å². The van der Waals surface area contributed by atoms with Crippen LogP contribution in [0.3, 0.4) is 0 Å². The summed E-state index contributed by atoms with van der Waals surface area (Å²) in [6.07, 6.45) is 0.193. The van der Waals surface area contributed by atoms with E-state index in [0.29, 0.717) is 0 Å². The molecule has 0 bridgehead atoms. The second-order valence-electron chi connectivity index (χ2n) is 5.61. The van der Waals surface area contributed by atoms with E-state index in [1.807, 2.05) is 31.2 Å². The predicted octanol–water partition coefficient (Wildman–Crippen LogP) is 2.73. The molecule has 6 nitrogen and oxygen atoms in total. The first kappa shape index (κ1) is 19.5. The van der Waals surface area contributed by atoms with Gasteiger partial charge in [-0.05, 0) is 36.2 Å². The van der Waals surface area contributed by atoms with E-state index in [4.69, 9.17) is 11.6 Å². The lowest BCUT2D eigenvalue weighted by Crippen LogP contribution is -2.34. The van der Waals surface area contributed by atoms with Crippen molar-refractivity contribution in [3.05, 3.63) is 64.2 Å². The maximum absolute atomic E-state index is 12.0. The zero-order valence-electron chi connectivity index (χ0n) is 14.5. The lowest BCUT2D eigenvalue weighted by molar-refractivity contribution is -0.123. The number of benzene rings is 2. The summed E-state index contributed by atoms with van der Waals surface area (Å²) in [5.41, 5.74) is 2.45. The summed E-state index contributed by atoms with van der Waals surface area (Å²) < 4.78 is 4.63. The van der Waals surface area contributed by atoms with E-state index in [1.54, 1.807) is 0 Å². The van der Waals surface area contributed by atoms with Crippen LogP contribution in [-0.2, 0) is 20.7 Å². The van der Waals surface area contributed by atoms with Gasteiger partial charge in [-0.1, -0.05) is 35.9 Å². The van der Waals surface area contributed by atoms with Crippen LogP contribution < -0.4 is 10.6 Å². The topological polar surface area (TPSA) is 84.5 Å². The highest BCUT2D eigenvalue weighted by Crippen LogP contribution is 2.23. The van der Waals surface area contributed by atoms with Crippen LogP contribution in [0.2, 0.25) is 5.02 Å². The lowest BCUT2D eigenvalue weighted by atomic mass is 10.1. The van der Waals surface area contributed by atoms with Crippen LogP contribution in [0, 0.1) is 6.92 Å². The molecule has 0 aromatic heterocycles. The summed E-state index contributed by atoms with van der Waals surface area (Å²) in [6.45, 7) is 1.72. The zero-order chi connectivity index (χ0) is 19.1. The fraction of sp³-hybridized carbons (Fsp3) is 0.211. The molecule has 2 rings (SSSR count). The van der Waals surface area contributed by atoms with Gasteiger partial charge in [-0.25, -0.2) is 4.79 Å². The number of anilines is 1. The Kier molecular flexibility index (Phi) is 6.74. The molecule has 7 heteroatoms. The standard InChI is InChI=1S/C19H19ClN2O4/c1-12-5-3-4-6-13(12)10-17(23)21-11-18(24)22-16-9-14(19(25)26-2)7-8-15(16)20/h3-9H,10-11H2,1-2H3,(H,21,23)(H,22,24). The van der Waals surface area contributed by atoms with Gasteiger partial charge in [-0.15, -0.1) is 0 Å². The third-order valence-corrected chi connectivity index (χ3v) is 4.05.